The van der Waals surface area contributed by atoms with Crippen LogP contribution in [0.4, 0.5) is 14.5 Å². The fourth-order valence-electron chi connectivity index (χ4n) is 1.98. The lowest BCUT2D eigenvalue weighted by molar-refractivity contribution is 0.0561. The summed E-state index contributed by atoms with van der Waals surface area (Å²) in [6, 6.07) is 1.17. The molecule has 0 bridgehead atoms. The number of anilines is 1. The fraction of sp³-hybridized carbons (Fsp3) is 0.467. The van der Waals surface area contributed by atoms with E-state index in [0.717, 1.165) is 6.20 Å². The van der Waals surface area contributed by atoms with Crippen molar-refractivity contribution in [3.63, 3.8) is 0 Å². The lowest BCUT2D eigenvalue weighted by Gasteiger charge is -2.07. The van der Waals surface area contributed by atoms with Gasteiger partial charge < -0.3 is 10.6 Å². The molecule has 0 spiro atoms. The number of halogens is 2. The molecule has 2 heterocycles. The number of aryl methyl sites for hydroxylation is 1. The van der Waals surface area contributed by atoms with Crippen molar-refractivity contribution >= 4 is 17.5 Å². The smallest absolute Gasteiger partial charge is 0.333 e. The number of aromatic nitrogens is 4. The molecule has 8 nitrogen and oxygen atoms in total. The van der Waals surface area contributed by atoms with Crippen molar-refractivity contribution in [2.24, 2.45) is 5.92 Å². The van der Waals surface area contributed by atoms with Gasteiger partial charge in [0.1, 0.15) is 0 Å². The first kappa shape index (κ1) is 18.6. The van der Waals surface area contributed by atoms with Crippen molar-refractivity contribution < 1.29 is 18.4 Å². The number of alkyl halides is 2. The minimum Gasteiger partial charge on any atom is -0.350 e. The van der Waals surface area contributed by atoms with E-state index in [4.69, 9.17) is 0 Å². The summed E-state index contributed by atoms with van der Waals surface area (Å²) < 4.78 is 27.0. The zero-order chi connectivity index (χ0) is 18.6. The maximum Gasteiger partial charge on any atom is 0.333 e. The van der Waals surface area contributed by atoms with E-state index in [0.29, 0.717) is 17.8 Å². The molecule has 0 aliphatic rings. The number of hydrogen-bond donors (Lipinski definition) is 2. The van der Waals surface area contributed by atoms with Crippen molar-refractivity contribution in [2.45, 2.75) is 33.9 Å². The fourth-order valence-corrected chi connectivity index (χ4v) is 1.98. The van der Waals surface area contributed by atoms with Crippen LogP contribution in [-0.4, -0.2) is 37.9 Å². The van der Waals surface area contributed by atoms with Gasteiger partial charge in [-0.1, -0.05) is 13.8 Å². The molecule has 25 heavy (non-hydrogen) atoms. The minimum atomic E-state index is -2.83. The van der Waals surface area contributed by atoms with Crippen LogP contribution in [0.25, 0.3) is 0 Å². The predicted molar refractivity (Wildman–Crippen MR) is 86.5 cm³/mol. The number of nitrogens with zero attached hydrogens (tertiary/aromatic N) is 4. The number of nitrogens with one attached hydrogen (secondary N) is 2. The quantitative estimate of drug-likeness (QED) is 0.796. The summed E-state index contributed by atoms with van der Waals surface area (Å²) in [6.45, 7) is 3.87. The van der Waals surface area contributed by atoms with Crippen molar-refractivity contribution in [2.75, 3.05) is 11.9 Å². The maximum atomic E-state index is 12.5. The monoisotopic (exact) mass is 354 g/mol. The first-order valence-electron chi connectivity index (χ1n) is 7.82. The van der Waals surface area contributed by atoms with E-state index in [-0.39, 0.29) is 23.0 Å². The van der Waals surface area contributed by atoms with E-state index >= 15 is 0 Å². The molecule has 0 aliphatic carbocycles. The molecule has 2 N–H and O–H groups in total. The highest BCUT2D eigenvalue weighted by molar-refractivity contribution is 6.07. The summed E-state index contributed by atoms with van der Waals surface area (Å²) in [5.74, 6) is -0.865. The first-order chi connectivity index (χ1) is 11.8. The van der Waals surface area contributed by atoms with Gasteiger partial charge in [-0.15, -0.1) is 0 Å². The van der Waals surface area contributed by atoms with Gasteiger partial charge in [0, 0.05) is 25.5 Å². The van der Waals surface area contributed by atoms with Gasteiger partial charge in [-0.25, -0.2) is 4.68 Å². The van der Waals surface area contributed by atoms with E-state index in [1.807, 2.05) is 20.8 Å². The SMILES string of the molecule is CCn1cc(NC(=O)c2ccn(C(F)F)n2)c(C(=O)NCC(C)C)n1. The Kier molecular flexibility index (Phi) is 5.84. The van der Waals surface area contributed by atoms with Crippen LogP contribution in [0.3, 0.4) is 0 Å². The Labute approximate surface area is 143 Å². The normalized spacial score (nSPS) is 11.2. The molecule has 0 fully saturated rings. The molecule has 0 aliphatic heterocycles. The van der Waals surface area contributed by atoms with E-state index in [9.17, 15) is 18.4 Å². The topological polar surface area (TPSA) is 93.8 Å². The highest BCUT2D eigenvalue weighted by Gasteiger charge is 2.20. The van der Waals surface area contributed by atoms with Gasteiger partial charge in [0.05, 0.1) is 5.69 Å². The highest BCUT2D eigenvalue weighted by atomic mass is 19.3. The van der Waals surface area contributed by atoms with Crippen LogP contribution in [0.5, 0.6) is 0 Å². The van der Waals surface area contributed by atoms with Crippen LogP contribution in [-0.2, 0) is 6.54 Å². The van der Waals surface area contributed by atoms with Crippen LogP contribution in [0.15, 0.2) is 18.5 Å². The van der Waals surface area contributed by atoms with Crippen LogP contribution in [0.2, 0.25) is 0 Å². The summed E-state index contributed by atoms with van der Waals surface area (Å²) in [7, 11) is 0. The van der Waals surface area contributed by atoms with E-state index in [1.165, 1.54) is 16.9 Å². The standard InChI is InChI=1S/C15H20F2N6O2/c1-4-22-8-11(12(21-22)14(25)18-7-9(2)3)19-13(24)10-5-6-23(20-10)15(16)17/h5-6,8-9,15H,4,7H2,1-3H3,(H,18,25)(H,19,24). The van der Waals surface area contributed by atoms with Gasteiger partial charge in [-0.05, 0) is 18.9 Å². The summed E-state index contributed by atoms with van der Waals surface area (Å²) in [4.78, 5) is 24.4. The molecule has 0 unspecified atom stereocenters. The third kappa shape index (κ3) is 4.61. The Hall–Kier alpha value is -2.78. The number of carbonyl (C=O) groups is 2. The number of carbonyl (C=O) groups excluding carboxylic acids is 2. The van der Waals surface area contributed by atoms with Crippen molar-refractivity contribution in [1.29, 1.82) is 0 Å². The molecule has 0 atom stereocenters. The molecule has 2 aromatic rings. The summed E-state index contributed by atoms with van der Waals surface area (Å²) in [5, 5.41) is 12.8. The average molecular weight is 354 g/mol. The molecule has 0 aromatic carbocycles. The lowest BCUT2D eigenvalue weighted by atomic mass is 10.2. The zero-order valence-corrected chi connectivity index (χ0v) is 14.2. The second-order valence-electron chi connectivity index (χ2n) is 5.76. The summed E-state index contributed by atoms with van der Waals surface area (Å²) >= 11 is 0. The molecule has 0 saturated carbocycles. The van der Waals surface area contributed by atoms with Gasteiger partial charge in [-0.3, -0.25) is 14.3 Å². The molecule has 0 saturated heterocycles. The second kappa shape index (κ2) is 7.86. The molecular formula is C15H20F2N6O2. The molecule has 2 amide bonds. The van der Waals surface area contributed by atoms with Crippen LogP contribution < -0.4 is 10.6 Å². The van der Waals surface area contributed by atoms with E-state index in [1.54, 1.807) is 0 Å². The Morgan fingerprint density at radius 3 is 2.52 bits per heavy atom. The van der Waals surface area contributed by atoms with Gasteiger partial charge in [0.2, 0.25) is 0 Å². The Bertz CT molecular complexity index is 753. The summed E-state index contributed by atoms with van der Waals surface area (Å²) in [6.07, 6.45) is 2.51. The third-order valence-electron chi connectivity index (χ3n) is 3.26. The summed E-state index contributed by atoms with van der Waals surface area (Å²) in [5.41, 5.74) is 0.0712. The van der Waals surface area contributed by atoms with Gasteiger partial charge in [0.25, 0.3) is 11.8 Å². The van der Waals surface area contributed by atoms with Crippen molar-refractivity contribution in [3.8, 4) is 0 Å². The highest BCUT2D eigenvalue weighted by Crippen LogP contribution is 2.16. The maximum absolute atomic E-state index is 12.5. The molecular weight excluding hydrogens is 334 g/mol. The van der Waals surface area contributed by atoms with E-state index in [2.05, 4.69) is 20.8 Å². The molecule has 10 heteroatoms. The van der Waals surface area contributed by atoms with Crippen LogP contribution in [0, 0.1) is 5.92 Å². The van der Waals surface area contributed by atoms with Crippen LogP contribution in [0.1, 0.15) is 48.3 Å². The number of amides is 2. The second-order valence-corrected chi connectivity index (χ2v) is 5.76. The number of hydrogen-bond acceptors (Lipinski definition) is 4. The van der Waals surface area contributed by atoms with Gasteiger partial charge in [0.15, 0.2) is 11.4 Å². The number of rotatable bonds is 7. The molecule has 2 aromatic heterocycles. The molecule has 2 rings (SSSR count). The van der Waals surface area contributed by atoms with Crippen molar-refractivity contribution in [3.05, 3.63) is 29.8 Å². The van der Waals surface area contributed by atoms with Gasteiger partial charge >= 0.3 is 6.55 Å². The minimum absolute atomic E-state index is 0.0594. The molecule has 0 radical (unpaired) electrons. The average Bonchev–Trinajstić information content (AvgIpc) is 3.19. The largest absolute Gasteiger partial charge is 0.350 e. The Morgan fingerprint density at radius 2 is 1.96 bits per heavy atom. The molecule has 136 valence electrons. The zero-order valence-electron chi connectivity index (χ0n) is 14.2. The van der Waals surface area contributed by atoms with E-state index < -0.39 is 18.4 Å². The van der Waals surface area contributed by atoms with Crippen LogP contribution >= 0.6 is 0 Å². The first-order valence-corrected chi connectivity index (χ1v) is 7.82. The van der Waals surface area contributed by atoms with Gasteiger partial charge in [-0.2, -0.15) is 19.0 Å². The predicted octanol–water partition coefficient (Wildman–Crippen LogP) is 2.13. The Morgan fingerprint density at radius 1 is 1.24 bits per heavy atom. The Balaban J connectivity index is 2.18. The third-order valence-corrected chi connectivity index (χ3v) is 3.26. The lowest BCUT2D eigenvalue weighted by Crippen LogP contribution is -2.28. The van der Waals surface area contributed by atoms with Crippen molar-refractivity contribution in [1.82, 2.24) is 24.9 Å².